The van der Waals surface area contributed by atoms with Crippen LogP contribution in [-0.4, -0.2) is 21.3 Å². The summed E-state index contributed by atoms with van der Waals surface area (Å²) in [5, 5.41) is 0. The van der Waals surface area contributed by atoms with Gasteiger partial charge in [-0.15, -0.1) is 0 Å². The van der Waals surface area contributed by atoms with Gasteiger partial charge in [-0.1, -0.05) is 0 Å². The monoisotopic (exact) mass is 250 g/mol. The Bertz CT molecular complexity index is 247. The maximum absolute atomic E-state index is 5.55. The van der Waals surface area contributed by atoms with Gasteiger partial charge in [-0.05, 0) is 0 Å². The Morgan fingerprint density at radius 1 is 1.40 bits per heavy atom. The van der Waals surface area contributed by atoms with Crippen LogP contribution in [0.2, 0.25) is 0 Å². The van der Waals surface area contributed by atoms with Gasteiger partial charge in [-0.25, -0.2) is 0 Å². The van der Waals surface area contributed by atoms with E-state index in [0.29, 0.717) is 6.10 Å². The first-order valence-electron chi connectivity index (χ1n) is 3.30. The summed E-state index contributed by atoms with van der Waals surface area (Å²) < 4.78 is 7.03. The van der Waals surface area contributed by atoms with Gasteiger partial charge in [0.15, 0.2) is 0 Å². The van der Waals surface area contributed by atoms with Crippen LogP contribution in [0.1, 0.15) is 18.6 Å². The Balaban J connectivity index is 2.51. The fraction of sp³-hybridized carbons (Fsp3) is 0.250. The van der Waals surface area contributed by atoms with Crippen LogP contribution >= 0.6 is 0 Å². The summed E-state index contributed by atoms with van der Waals surface area (Å²) in [4.78, 5) is 0. The molecule has 1 unspecified atom stereocenters. The average molecular weight is 248 g/mol. The molecule has 1 atom stereocenters. The molecule has 1 aliphatic heterocycles. The van der Waals surface area contributed by atoms with Crippen molar-refractivity contribution in [1.82, 2.24) is 0 Å². The molecule has 0 saturated heterocycles. The third-order valence-corrected chi connectivity index (χ3v) is 4.31. The molecule has 1 aromatic rings. The Morgan fingerprint density at radius 3 is 3.00 bits per heavy atom. The van der Waals surface area contributed by atoms with Crippen LogP contribution in [-0.2, 0) is 3.10 Å². The molecule has 1 heterocycles. The van der Waals surface area contributed by atoms with Crippen molar-refractivity contribution >= 4 is 24.9 Å². The van der Waals surface area contributed by atoms with Crippen molar-refractivity contribution in [3.05, 3.63) is 29.8 Å². The zero-order valence-electron chi connectivity index (χ0n) is 5.70. The molecule has 1 nitrogen and oxygen atoms in total. The molecule has 0 spiro atoms. The van der Waals surface area contributed by atoms with E-state index >= 15 is 0 Å². The Morgan fingerprint density at radius 2 is 2.20 bits per heavy atom. The Kier molecular flexibility index (Phi) is 1.69. The maximum atomic E-state index is 5.55. The summed E-state index contributed by atoms with van der Waals surface area (Å²) in [6.45, 7) is 2.12. The topological polar surface area (TPSA) is 9.23 Å². The van der Waals surface area contributed by atoms with E-state index in [4.69, 9.17) is 3.10 Å². The standard InChI is InChI=1S/C8H8OTe/c1-6-7-4-2-3-5-8(7)10-9-6/h2-6H,1H3. The molecule has 10 heavy (non-hydrogen) atoms. The number of fused-ring (bicyclic) bond motifs is 1. The van der Waals surface area contributed by atoms with Gasteiger partial charge in [-0.2, -0.15) is 0 Å². The number of rotatable bonds is 0. The molecule has 0 aromatic heterocycles. The third kappa shape index (κ3) is 0.971. The van der Waals surface area contributed by atoms with E-state index in [1.165, 1.54) is 9.17 Å². The molecule has 0 bridgehead atoms. The van der Waals surface area contributed by atoms with E-state index in [0.717, 1.165) is 0 Å². The van der Waals surface area contributed by atoms with E-state index in [-0.39, 0.29) is 21.3 Å². The molecule has 2 heteroatoms. The predicted molar refractivity (Wildman–Crippen MR) is 41.3 cm³/mol. The van der Waals surface area contributed by atoms with Crippen molar-refractivity contribution < 1.29 is 3.10 Å². The minimum absolute atomic E-state index is 0.283. The Hall–Kier alpha value is -0.0304. The van der Waals surface area contributed by atoms with E-state index < -0.39 is 0 Å². The van der Waals surface area contributed by atoms with E-state index in [2.05, 4.69) is 31.2 Å². The van der Waals surface area contributed by atoms with Crippen LogP contribution < -0.4 is 3.61 Å². The zero-order chi connectivity index (χ0) is 6.97. The van der Waals surface area contributed by atoms with Gasteiger partial charge >= 0.3 is 70.9 Å². The van der Waals surface area contributed by atoms with Gasteiger partial charge < -0.3 is 0 Å². The SMILES string of the molecule is CC1O[Te]c2ccccc21. The summed E-state index contributed by atoms with van der Waals surface area (Å²) in [5.74, 6) is 0. The van der Waals surface area contributed by atoms with Gasteiger partial charge in [-0.3, -0.25) is 0 Å². The van der Waals surface area contributed by atoms with E-state index in [1.54, 1.807) is 0 Å². The fourth-order valence-corrected chi connectivity index (χ4v) is 3.40. The van der Waals surface area contributed by atoms with Gasteiger partial charge in [0.25, 0.3) is 0 Å². The van der Waals surface area contributed by atoms with Crippen LogP contribution in [0.3, 0.4) is 0 Å². The Labute approximate surface area is 71.0 Å². The summed E-state index contributed by atoms with van der Waals surface area (Å²) >= 11 is -0.283. The molecule has 0 fully saturated rings. The first-order chi connectivity index (χ1) is 4.88. The van der Waals surface area contributed by atoms with Crippen LogP contribution in [0.25, 0.3) is 0 Å². The molecule has 1 aliphatic rings. The summed E-state index contributed by atoms with van der Waals surface area (Å²) in [5.41, 5.74) is 1.41. The van der Waals surface area contributed by atoms with Crippen LogP contribution in [0, 0.1) is 0 Å². The molecule has 0 aliphatic carbocycles. The molecule has 0 N–H and O–H groups in total. The predicted octanol–water partition coefficient (Wildman–Crippen LogP) is 1.02. The van der Waals surface area contributed by atoms with Crippen molar-refractivity contribution in [2.75, 3.05) is 0 Å². The summed E-state index contributed by atoms with van der Waals surface area (Å²) in [7, 11) is 0. The van der Waals surface area contributed by atoms with Crippen LogP contribution in [0.5, 0.6) is 0 Å². The van der Waals surface area contributed by atoms with E-state index in [1.807, 2.05) is 0 Å². The molecule has 0 saturated carbocycles. The minimum atomic E-state index is -0.283. The number of benzene rings is 1. The average Bonchev–Trinajstić information content (AvgIpc) is 2.34. The molecule has 0 radical (unpaired) electrons. The zero-order valence-corrected chi connectivity index (χ0v) is 8.03. The third-order valence-electron chi connectivity index (χ3n) is 1.64. The fourth-order valence-electron chi connectivity index (χ4n) is 1.07. The first kappa shape index (κ1) is 6.67. The molecular weight excluding hydrogens is 240 g/mol. The van der Waals surface area contributed by atoms with Gasteiger partial charge in [0.1, 0.15) is 0 Å². The summed E-state index contributed by atoms with van der Waals surface area (Å²) in [6.07, 6.45) is 0.360. The van der Waals surface area contributed by atoms with Crippen LogP contribution in [0.15, 0.2) is 24.3 Å². The van der Waals surface area contributed by atoms with Crippen molar-refractivity contribution in [3.8, 4) is 0 Å². The molecule has 2 rings (SSSR count). The molecule has 0 amide bonds. The quantitative estimate of drug-likeness (QED) is 0.622. The van der Waals surface area contributed by atoms with Crippen molar-refractivity contribution in [3.63, 3.8) is 0 Å². The molecule has 52 valence electrons. The van der Waals surface area contributed by atoms with Gasteiger partial charge in [0.05, 0.1) is 0 Å². The second kappa shape index (κ2) is 2.54. The molecule has 1 aromatic carbocycles. The van der Waals surface area contributed by atoms with Crippen molar-refractivity contribution in [1.29, 1.82) is 0 Å². The van der Waals surface area contributed by atoms with E-state index in [9.17, 15) is 0 Å². The van der Waals surface area contributed by atoms with Crippen molar-refractivity contribution in [2.24, 2.45) is 0 Å². The first-order valence-corrected chi connectivity index (χ1v) is 5.42. The number of hydrogen-bond donors (Lipinski definition) is 0. The summed E-state index contributed by atoms with van der Waals surface area (Å²) in [6, 6.07) is 8.51. The normalized spacial score (nSPS) is 22.7. The second-order valence-corrected chi connectivity index (χ2v) is 4.64. The van der Waals surface area contributed by atoms with Crippen LogP contribution in [0.4, 0.5) is 0 Å². The van der Waals surface area contributed by atoms with Crippen molar-refractivity contribution in [2.45, 2.75) is 13.0 Å². The van der Waals surface area contributed by atoms with Gasteiger partial charge in [0, 0.05) is 0 Å². The second-order valence-electron chi connectivity index (χ2n) is 2.36. The molecular formula is C8H8OTe. The van der Waals surface area contributed by atoms with Gasteiger partial charge in [0.2, 0.25) is 0 Å². The number of hydrogen-bond acceptors (Lipinski definition) is 1.